The summed E-state index contributed by atoms with van der Waals surface area (Å²) in [6.07, 6.45) is 1.72. The fourth-order valence-electron chi connectivity index (χ4n) is 3.25. The Morgan fingerprint density at radius 3 is 2.88 bits per heavy atom. The summed E-state index contributed by atoms with van der Waals surface area (Å²) in [5, 5.41) is 4.03. The molecule has 1 aromatic heterocycles. The van der Waals surface area contributed by atoms with Gasteiger partial charge in [0.25, 0.3) is 5.91 Å². The summed E-state index contributed by atoms with van der Waals surface area (Å²) in [5.41, 5.74) is 1.37. The minimum atomic E-state index is -0.0905. The first-order valence-corrected chi connectivity index (χ1v) is 9.21. The van der Waals surface area contributed by atoms with Crippen LogP contribution >= 0.6 is 11.5 Å². The summed E-state index contributed by atoms with van der Waals surface area (Å²) < 4.78 is 4.88. The third-order valence-corrected chi connectivity index (χ3v) is 5.33. The molecular formula is C17H22N4O2S. The first kappa shape index (κ1) is 16.8. The zero-order chi connectivity index (χ0) is 17.1. The first-order chi connectivity index (χ1) is 11.6. The van der Waals surface area contributed by atoms with Gasteiger partial charge in [-0.3, -0.25) is 9.59 Å². The lowest BCUT2D eigenvalue weighted by atomic mass is 9.95. The van der Waals surface area contributed by atoms with Gasteiger partial charge in [0.2, 0.25) is 5.91 Å². The Labute approximate surface area is 145 Å². The van der Waals surface area contributed by atoms with Crippen LogP contribution in [0.5, 0.6) is 0 Å². The largest absolute Gasteiger partial charge is 0.343 e. The van der Waals surface area contributed by atoms with Crippen LogP contribution in [0, 0.1) is 5.92 Å². The number of carbonyl (C=O) groups is 2. The lowest BCUT2D eigenvalue weighted by Gasteiger charge is -2.34. The van der Waals surface area contributed by atoms with Crippen molar-refractivity contribution in [2.45, 2.75) is 26.7 Å². The van der Waals surface area contributed by atoms with Crippen molar-refractivity contribution in [1.82, 2.24) is 19.4 Å². The molecule has 0 aliphatic carbocycles. The Kier molecular flexibility index (Phi) is 5.08. The molecule has 1 fully saturated rings. The molecule has 0 unspecified atom stereocenters. The number of amides is 2. The van der Waals surface area contributed by atoms with Crippen molar-refractivity contribution in [2.75, 3.05) is 26.2 Å². The number of nitrogens with zero attached hydrogens (tertiary/aromatic N) is 4. The quantitative estimate of drug-likeness (QED) is 0.853. The number of rotatable bonds is 4. The Balaban J connectivity index is 1.73. The number of aromatic nitrogens is 2. The van der Waals surface area contributed by atoms with Gasteiger partial charge in [-0.1, -0.05) is 4.49 Å². The minimum Gasteiger partial charge on any atom is -0.343 e. The van der Waals surface area contributed by atoms with Gasteiger partial charge >= 0.3 is 0 Å². The lowest BCUT2D eigenvalue weighted by molar-refractivity contribution is -0.136. The molecule has 3 rings (SSSR count). The molecule has 2 heterocycles. The van der Waals surface area contributed by atoms with Crippen LogP contribution in [0.15, 0.2) is 18.2 Å². The van der Waals surface area contributed by atoms with Crippen molar-refractivity contribution in [3.8, 4) is 0 Å². The van der Waals surface area contributed by atoms with E-state index < -0.39 is 0 Å². The van der Waals surface area contributed by atoms with Gasteiger partial charge in [-0.15, -0.1) is 5.10 Å². The van der Waals surface area contributed by atoms with E-state index in [1.807, 2.05) is 30.9 Å². The maximum Gasteiger partial charge on any atom is 0.253 e. The topological polar surface area (TPSA) is 66.4 Å². The molecule has 128 valence electrons. The third kappa shape index (κ3) is 3.26. The van der Waals surface area contributed by atoms with E-state index in [-0.39, 0.29) is 17.7 Å². The Bertz CT molecular complexity index is 741. The Morgan fingerprint density at radius 2 is 2.12 bits per heavy atom. The average Bonchev–Trinajstić information content (AvgIpc) is 3.09. The monoisotopic (exact) mass is 346 g/mol. The number of likely N-dealkylation sites (tertiary alicyclic amines) is 1. The molecule has 1 atom stereocenters. The smallest absolute Gasteiger partial charge is 0.253 e. The van der Waals surface area contributed by atoms with Gasteiger partial charge in [-0.2, -0.15) is 0 Å². The van der Waals surface area contributed by atoms with E-state index in [9.17, 15) is 9.59 Å². The summed E-state index contributed by atoms with van der Waals surface area (Å²) in [5.74, 6) is 0.0471. The van der Waals surface area contributed by atoms with Crippen LogP contribution in [0.3, 0.4) is 0 Å². The molecule has 24 heavy (non-hydrogen) atoms. The molecule has 1 saturated heterocycles. The highest BCUT2D eigenvalue weighted by Crippen LogP contribution is 2.23. The van der Waals surface area contributed by atoms with E-state index in [0.717, 1.165) is 23.1 Å². The van der Waals surface area contributed by atoms with Crippen LogP contribution < -0.4 is 0 Å². The summed E-state index contributed by atoms with van der Waals surface area (Å²) in [4.78, 5) is 29.0. The first-order valence-electron chi connectivity index (χ1n) is 8.44. The van der Waals surface area contributed by atoms with Gasteiger partial charge in [0.15, 0.2) is 0 Å². The zero-order valence-corrected chi connectivity index (χ0v) is 14.9. The Morgan fingerprint density at radius 1 is 1.33 bits per heavy atom. The highest BCUT2D eigenvalue weighted by molar-refractivity contribution is 7.12. The van der Waals surface area contributed by atoms with Gasteiger partial charge in [0.1, 0.15) is 5.52 Å². The lowest BCUT2D eigenvalue weighted by Crippen LogP contribution is -2.46. The van der Waals surface area contributed by atoms with Crippen molar-refractivity contribution in [1.29, 1.82) is 0 Å². The van der Waals surface area contributed by atoms with E-state index in [4.69, 9.17) is 0 Å². The molecule has 0 bridgehead atoms. The second-order valence-electron chi connectivity index (χ2n) is 6.06. The predicted molar refractivity (Wildman–Crippen MR) is 94.0 cm³/mol. The molecule has 2 aromatic rings. The normalized spacial score (nSPS) is 17.9. The van der Waals surface area contributed by atoms with Crippen LogP contribution in [0.4, 0.5) is 0 Å². The molecule has 0 saturated carbocycles. The summed E-state index contributed by atoms with van der Waals surface area (Å²) in [6, 6.07) is 5.49. The molecule has 6 nitrogen and oxygen atoms in total. The molecule has 1 aromatic carbocycles. The van der Waals surface area contributed by atoms with Crippen LogP contribution in [0.1, 0.15) is 37.0 Å². The molecule has 0 spiro atoms. The van der Waals surface area contributed by atoms with Gasteiger partial charge < -0.3 is 9.80 Å². The van der Waals surface area contributed by atoms with E-state index in [1.54, 1.807) is 11.0 Å². The van der Waals surface area contributed by atoms with Crippen molar-refractivity contribution in [3.05, 3.63) is 23.8 Å². The molecule has 1 aliphatic heterocycles. The molecule has 1 aliphatic rings. The Hall–Kier alpha value is -2.02. The SMILES string of the molecule is CCN(CC)C(=O)[C@@H]1CCCN(C(=O)c2ccc3snnc3c2)C1. The van der Waals surface area contributed by atoms with Crippen LogP contribution in [-0.4, -0.2) is 57.4 Å². The second-order valence-corrected chi connectivity index (χ2v) is 6.84. The van der Waals surface area contributed by atoms with Gasteiger partial charge in [-0.05, 0) is 56.4 Å². The van der Waals surface area contributed by atoms with Crippen molar-refractivity contribution in [2.24, 2.45) is 5.92 Å². The van der Waals surface area contributed by atoms with E-state index in [2.05, 4.69) is 9.59 Å². The molecule has 0 radical (unpaired) electrons. The van der Waals surface area contributed by atoms with E-state index >= 15 is 0 Å². The van der Waals surface area contributed by atoms with Crippen molar-refractivity contribution >= 4 is 33.6 Å². The molecule has 2 amide bonds. The van der Waals surface area contributed by atoms with Gasteiger partial charge in [0, 0.05) is 31.7 Å². The molecule has 7 heteroatoms. The summed E-state index contributed by atoms with van der Waals surface area (Å²) in [6.45, 7) is 6.62. The fourth-order valence-corrected chi connectivity index (χ4v) is 3.79. The number of hydrogen-bond donors (Lipinski definition) is 0. The van der Waals surface area contributed by atoms with Crippen molar-refractivity contribution in [3.63, 3.8) is 0 Å². The van der Waals surface area contributed by atoms with E-state index in [1.165, 1.54) is 11.5 Å². The number of fused-ring (bicyclic) bond motifs is 1. The third-order valence-electron chi connectivity index (χ3n) is 4.63. The number of piperidine rings is 1. The zero-order valence-electron chi connectivity index (χ0n) is 14.1. The minimum absolute atomic E-state index is 0.0260. The summed E-state index contributed by atoms with van der Waals surface area (Å²) >= 11 is 1.32. The highest BCUT2D eigenvalue weighted by Gasteiger charge is 2.30. The molecule has 0 N–H and O–H groups in total. The predicted octanol–water partition coefficient (Wildman–Crippen LogP) is 2.41. The average molecular weight is 346 g/mol. The highest BCUT2D eigenvalue weighted by atomic mass is 32.1. The maximum atomic E-state index is 12.8. The van der Waals surface area contributed by atoms with Crippen LogP contribution in [0.25, 0.3) is 10.2 Å². The van der Waals surface area contributed by atoms with Crippen molar-refractivity contribution < 1.29 is 9.59 Å². The van der Waals surface area contributed by atoms with Crippen LogP contribution in [-0.2, 0) is 4.79 Å². The standard InChI is InChI=1S/C17H22N4O2S/c1-3-20(4-2)17(23)13-6-5-9-21(11-13)16(22)12-7-8-15-14(10-12)18-19-24-15/h7-8,10,13H,3-6,9,11H2,1-2H3/t13-/m1/s1. The summed E-state index contributed by atoms with van der Waals surface area (Å²) in [7, 11) is 0. The number of benzene rings is 1. The van der Waals surface area contributed by atoms with Gasteiger partial charge in [-0.25, -0.2) is 0 Å². The number of hydrogen-bond acceptors (Lipinski definition) is 5. The second kappa shape index (κ2) is 7.25. The fraction of sp³-hybridized carbons (Fsp3) is 0.529. The molecular weight excluding hydrogens is 324 g/mol. The van der Waals surface area contributed by atoms with Gasteiger partial charge in [0.05, 0.1) is 10.6 Å². The van der Waals surface area contributed by atoms with Crippen LogP contribution in [0.2, 0.25) is 0 Å². The number of carbonyl (C=O) groups excluding carboxylic acids is 2. The van der Waals surface area contributed by atoms with E-state index in [0.29, 0.717) is 31.7 Å². The maximum absolute atomic E-state index is 12.8.